The Morgan fingerprint density at radius 1 is 1.47 bits per heavy atom. The average Bonchev–Trinajstić information content (AvgIpc) is 2.70. The van der Waals surface area contributed by atoms with E-state index in [9.17, 15) is 8.42 Å². The third-order valence-electron chi connectivity index (χ3n) is 3.42. The average molecular weight is 283 g/mol. The number of anilines is 1. The molecule has 2 rings (SSSR count). The molecule has 0 radical (unpaired) electrons. The van der Waals surface area contributed by atoms with E-state index in [1.807, 2.05) is 13.8 Å². The lowest BCUT2D eigenvalue weighted by molar-refractivity contribution is 0.405. The maximum atomic E-state index is 12.6. The van der Waals surface area contributed by atoms with Gasteiger partial charge in [0.15, 0.2) is 0 Å². The summed E-state index contributed by atoms with van der Waals surface area (Å²) in [5, 5.41) is 3.04. The van der Waals surface area contributed by atoms with E-state index in [0.29, 0.717) is 29.7 Å². The van der Waals surface area contributed by atoms with Gasteiger partial charge in [0.2, 0.25) is 10.0 Å². The van der Waals surface area contributed by atoms with E-state index in [-0.39, 0.29) is 6.04 Å². The zero-order valence-electron chi connectivity index (χ0n) is 11.6. The van der Waals surface area contributed by atoms with E-state index in [1.165, 1.54) is 6.20 Å². The topological polar surface area (TPSA) is 62.3 Å². The molecule has 1 aliphatic rings. The van der Waals surface area contributed by atoms with Crippen LogP contribution < -0.4 is 5.32 Å². The Morgan fingerprint density at radius 2 is 2.21 bits per heavy atom. The number of aromatic nitrogens is 1. The van der Waals surface area contributed by atoms with E-state index < -0.39 is 10.0 Å². The van der Waals surface area contributed by atoms with Gasteiger partial charge in [0.05, 0.1) is 4.90 Å². The maximum absolute atomic E-state index is 12.6. The zero-order chi connectivity index (χ0) is 14.0. The molecule has 1 N–H and O–H groups in total. The largest absolute Gasteiger partial charge is 0.370 e. The maximum Gasteiger partial charge on any atom is 0.243 e. The van der Waals surface area contributed by atoms with Gasteiger partial charge in [-0.1, -0.05) is 6.92 Å². The van der Waals surface area contributed by atoms with Crippen LogP contribution in [0.1, 0.15) is 27.2 Å². The van der Waals surface area contributed by atoms with Crippen molar-refractivity contribution in [1.29, 1.82) is 0 Å². The SMILES string of the molecule is CCNc1cc(S(=O)(=O)N2CC(C)CC2C)ccn1. The third-order valence-corrected chi connectivity index (χ3v) is 5.40. The van der Waals surface area contributed by atoms with E-state index in [4.69, 9.17) is 0 Å². The molecule has 1 fully saturated rings. The van der Waals surface area contributed by atoms with Gasteiger partial charge in [-0.25, -0.2) is 13.4 Å². The molecule has 0 spiro atoms. The molecule has 0 aromatic carbocycles. The molecule has 1 aromatic rings. The molecule has 0 aliphatic carbocycles. The number of sulfonamides is 1. The van der Waals surface area contributed by atoms with E-state index in [0.717, 1.165) is 6.42 Å². The lowest BCUT2D eigenvalue weighted by Crippen LogP contribution is -2.34. The van der Waals surface area contributed by atoms with Gasteiger partial charge < -0.3 is 5.32 Å². The fraction of sp³-hybridized carbons (Fsp3) is 0.615. The molecular formula is C13H21N3O2S. The second-order valence-electron chi connectivity index (χ2n) is 5.17. The molecule has 1 aromatic heterocycles. The molecule has 5 nitrogen and oxygen atoms in total. The Bertz CT molecular complexity index is 545. The Kier molecular flexibility index (Phi) is 4.10. The van der Waals surface area contributed by atoms with Gasteiger partial charge in [-0.2, -0.15) is 4.31 Å². The lowest BCUT2D eigenvalue weighted by Gasteiger charge is -2.21. The highest BCUT2D eigenvalue weighted by atomic mass is 32.2. The first-order valence-electron chi connectivity index (χ1n) is 6.67. The normalized spacial score (nSPS) is 24.6. The summed E-state index contributed by atoms with van der Waals surface area (Å²) in [6, 6.07) is 3.23. The monoisotopic (exact) mass is 283 g/mol. The Balaban J connectivity index is 2.31. The second-order valence-corrected chi connectivity index (χ2v) is 7.06. The van der Waals surface area contributed by atoms with Crippen LogP contribution in [0.5, 0.6) is 0 Å². The van der Waals surface area contributed by atoms with Crippen molar-refractivity contribution in [2.24, 2.45) is 5.92 Å². The second kappa shape index (κ2) is 5.46. The van der Waals surface area contributed by atoms with Crippen molar-refractivity contribution < 1.29 is 8.42 Å². The fourth-order valence-electron chi connectivity index (χ4n) is 2.58. The van der Waals surface area contributed by atoms with Crippen LogP contribution in [-0.4, -0.2) is 36.8 Å². The molecular weight excluding hydrogens is 262 g/mol. The van der Waals surface area contributed by atoms with Crippen LogP contribution in [0, 0.1) is 5.92 Å². The minimum atomic E-state index is -3.41. The fourth-order valence-corrected chi connectivity index (χ4v) is 4.36. The Hall–Kier alpha value is -1.14. The number of nitrogens with zero attached hydrogens (tertiary/aromatic N) is 2. The van der Waals surface area contributed by atoms with Gasteiger partial charge in [-0.3, -0.25) is 0 Å². The van der Waals surface area contributed by atoms with Crippen LogP contribution in [0.4, 0.5) is 5.82 Å². The van der Waals surface area contributed by atoms with Crippen LogP contribution in [0.2, 0.25) is 0 Å². The molecule has 106 valence electrons. The van der Waals surface area contributed by atoms with Crippen molar-refractivity contribution in [2.45, 2.75) is 38.1 Å². The van der Waals surface area contributed by atoms with Gasteiger partial charge in [0, 0.05) is 31.4 Å². The predicted octanol–water partition coefficient (Wildman–Crippen LogP) is 1.93. The minimum absolute atomic E-state index is 0.0655. The molecule has 1 aliphatic heterocycles. The quantitative estimate of drug-likeness (QED) is 0.917. The van der Waals surface area contributed by atoms with Crippen LogP contribution in [0.25, 0.3) is 0 Å². The molecule has 1 saturated heterocycles. The van der Waals surface area contributed by atoms with Gasteiger partial charge in [-0.15, -0.1) is 0 Å². The highest BCUT2D eigenvalue weighted by Gasteiger charge is 2.36. The molecule has 0 amide bonds. The number of pyridine rings is 1. The number of hydrogen-bond donors (Lipinski definition) is 1. The number of rotatable bonds is 4. The summed E-state index contributed by atoms with van der Waals surface area (Å²) >= 11 is 0. The van der Waals surface area contributed by atoms with Crippen molar-refractivity contribution in [3.8, 4) is 0 Å². The molecule has 2 unspecified atom stereocenters. The minimum Gasteiger partial charge on any atom is -0.370 e. The first-order chi connectivity index (χ1) is 8.95. The van der Waals surface area contributed by atoms with Crippen LogP contribution in [-0.2, 0) is 10.0 Å². The number of nitrogens with one attached hydrogen (secondary N) is 1. The smallest absolute Gasteiger partial charge is 0.243 e. The van der Waals surface area contributed by atoms with Crippen molar-refractivity contribution in [3.63, 3.8) is 0 Å². The van der Waals surface area contributed by atoms with Gasteiger partial charge in [0.1, 0.15) is 5.82 Å². The van der Waals surface area contributed by atoms with Crippen molar-refractivity contribution in [2.75, 3.05) is 18.4 Å². The van der Waals surface area contributed by atoms with Crippen molar-refractivity contribution in [3.05, 3.63) is 18.3 Å². The summed E-state index contributed by atoms with van der Waals surface area (Å²) in [5.41, 5.74) is 0. The van der Waals surface area contributed by atoms with Gasteiger partial charge in [0.25, 0.3) is 0 Å². The highest BCUT2D eigenvalue weighted by molar-refractivity contribution is 7.89. The van der Waals surface area contributed by atoms with Crippen molar-refractivity contribution >= 4 is 15.8 Å². The summed E-state index contributed by atoms with van der Waals surface area (Å²) in [6.07, 6.45) is 2.46. The van der Waals surface area contributed by atoms with E-state index >= 15 is 0 Å². The first-order valence-corrected chi connectivity index (χ1v) is 8.11. The number of hydrogen-bond acceptors (Lipinski definition) is 4. The molecule has 2 heterocycles. The summed E-state index contributed by atoms with van der Waals surface area (Å²) in [5.74, 6) is 1.02. The first kappa shape index (κ1) is 14.3. The highest BCUT2D eigenvalue weighted by Crippen LogP contribution is 2.29. The van der Waals surface area contributed by atoms with Gasteiger partial charge >= 0.3 is 0 Å². The molecule has 6 heteroatoms. The molecule has 19 heavy (non-hydrogen) atoms. The van der Waals surface area contributed by atoms with Crippen LogP contribution in [0.15, 0.2) is 23.2 Å². The zero-order valence-corrected chi connectivity index (χ0v) is 12.4. The van der Waals surface area contributed by atoms with Crippen molar-refractivity contribution in [1.82, 2.24) is 9.29 Å². The summed E-state index contributed by atoms with van der Waals surface area (Å²) < 4.78 is 26.8. The molecule has 0 saturated carbocycles. The van der Waals surface area contributed by atoms with E-state index in [2.05, 4.69) is 17.2 Å². The molecule has 2 atom stereocenters. The summed E-state index contributed by atoms with van der Waals surface area (Å²) in [7, 11) is -3.41. The van der Waals surface area contributed by atoms with Gasteiger partial charge in [-0.05, 0) is 32.3 Å². The Labute approximate surface area is 115 Å². The predicted molar refractivity (Wildman–Crippen MR) is 75.5 cm³/mol. The summed E-state index contributed by atoms with van der Waals surface area (Å²) in [4.78, 5) is 4.43. The summed E-state index contributed by atoms with van der Waals surface area (Å²) in [6.45, 7) is 7.32. The van der Waals surface area contributed by atoms with Crippen LogP contribution in [0.3, 0.4) is 0 Å². The Morgan fingerprint density at radius 3 is 2.79 bits per heavy atom. The molecule has 0 bridgehead atoms. The standard InChI is InChI=1S/C13H21N3O2S/c1-4-14-13-8-12(5-6-15-13)19(17,18)16-9-10(2)7-11(16)3/h5-6,8,10-11H,4,7,9H2,1-3H3,(H,14,15). The third kappa shape index (κ3) is 2.90. The lowest BCUT2D eigenvalue weighted by atomic mass is 10.1. The van der Waals surface area contributed by atoms with Crippen LogP contribution >= 0.6 is 0 Å². The van der Waals surface area contributed by atoms with E-state index in [1.54, 1.807) is 16.4 Å².